The van der Waals surface area contributed by atoms with Gasteiger partial charge in [0.05, 0.1) is 30.4 Å². The smallest absolute Gasteiger partial charge is 0.319 e. The first-order valence-corrected chi connectivity index (χ1v) is 13.4. The fourth-order valence-electron chi connectivity index (χ4n) is 4.86. The minimum atomic E-state index is -0.465. The van der Waals surface area contributed by atoms with Crippen LogP contribution in [0.1, 0.15) is 70.2 Å². The summed E-state index contributed by atoms with van der Waals surface area (Å²) in [4.78, 5) is 42.3. The van der Waals surface area contributed by atoms with E-state index in [2.05, 4.69) is 16.0 Å². The lowest BCUT2D eigenvalue weighted by Crippen LogP contribution is -2.51. The number of amides is 5. The minimum absolute atomic E-state index is 0.0108. The molecule has 1 fully saturated rings. The number of urea groups is 2. The molecule has 2 aliphatic rings. The Bertz CT molecular complexity index is 949. The number of hydrogen-bond acceptors (Lipinski definition) is 5. The fraction of sp³-hybridized carbons (Fsp3) is 0.667. The summed E-state index contributed by atoms with van der Waals surface area (Å²) in [6, 6.07) is 4.24. The van der Waals surface area contributed by atoms with E-state index in [4.69, 9.17) is 4.74 Å². The number of nitrogens with one attached hydrogen (secondary N) is 3. The Kier molecular flexibility index (Phi) is 10.0. The number of carbonyl (C=O) groups is 3. The molecule has 0 spiro atoms. The van der Waals surface area contributed by atoms with Gasteiger partial charge in [-0.3, -0.25) is 4.79 Å². The summed E-state index contributed by atoms with van der Waals surface area (Å²) >= 11 is 0. The highest BCUT2D eigenvalue weighted by Crippen LogP contribution is 2.35. The molecule has 1 aromatic carbocycles. The Hall–Kier alpha value is -3.01. The van der Waals surface area contributed by atoms with Crippen molar-refractivity contribution in [1.29, 1.82) is 0 Å². The molecule has 0 saturated heterocycles. The van der Waals surface area contributed by atoms with Crippen molar-refractivity contribution in [1.82, 2.24) is 20.4 Å². The fourth-order valence-corrected chi connectivity index (χ4v) is 4.86. The van der Waals surface area contributed by atoms with Gasteiger partial charge in [0.25, 0.3) is 5.91 Å². The van der Waals surface area contributed by atoms with Gasteiger partial charge in [0.2, 0.25) is 0 Å². The number of ether oxygens (including phenoxy) is 1. The number of anilines is 1. The number of aliphatic hydroxyl groups is 1. The van der Waals surface area contributed by atoms with Crippen LogP contribution in [0.25, 0.3) is 0 Å². The van der Waals surface area contributed by atoms with Gasteiger partial charge in [0.1, 0.15) is 6.10 Å². The topological polar surface area (TPSA) is 123 Å². The molecule has 3 rings (SSSR count). The van der Waals surface area contributed by atoms with Crippen LogP contribution in [0, 0.1) is 5.92 Å². The van der Waals surface area contributed by atoms with Crippen molar-refractivity contribution in [3.8, 4) is 5.75 Å². The normalized spacial score (nSPS) is 21.3. The lowest BCUT2D eigenvalue weighted by Gasteiger charge is -2.38. The van der Waals surface area contributed by atoms with Crippen molar-refractivity contribution in [2.24, 2.45) is 5.92 Å². The van der Waals surface area contributed by atoms with E-state index >= 15 is 0 Å². The number of rotatable bonds is 7. The van der Waals surface area contributed by atoms with Gasteiger partial charge >= 0.3 is 12.1 Å². The molecule has 1 aliphatic carbocycles. The van der Waals surface area contributed by atoms with E-state index in [1.54, 1.807) is 42.0 Å². The highest BCUT2D eigenvalue weighted by atomic mass is 16.5. The van der Waals surface area contributed by atoms with Crippen molar-refractivity contribution < 1.29 is 24.2 Å². The largest absolute Gasteiger partial charge is 0.485 e. The van der Waals surface area contributed by atoms with E-state index in [1.807, 2.05) is 20.8 Å². The SMILES string of the molecule is CC(C)NC(=O)N(C)C[C@@H]1Oc2c(NC(=O)NC3CCCCC3)cccc2C(=O)N([C@H](C)CO)C[C@H]1C. The van der Waals surface area contributed by atoms with E-state index in [0.717, 1.165) is 25.7 Å². The number of hydrogen-bond donors (Lipinski definition) is 4. The minimum Gasteiger partial charge on any atom is -0.485 e. The summed E-state index contributed by atoms with van der Waals surface area (Å²) in [6.45, 7) is 7.99. The number of nitrogens with zero attached hydrogens (tertiary/aromatic N) is 2. The number of fused-ring (bicyclic) bond motifs is 1. The van der Waals surface area contributed by atoms with Gasteiger partial charge in [-0.15, -0.1) is 0 Å². The first kappa shape index (κ1) is 28.6. The summed E-state index contributed by atoms with van der Waals surface area (Å²) in [5.74, 6) is -0.163. The Labute approximate surface area is 220 Å². The van der Waals surface area contributed by atoms with Crippen molar-refractivity contribution in [2.75, 3.05) is 32.1 Å². The van der Waals surface area contributed by atoms with Crippen LogP contribution >= 0.6 is 0 Å². The quantitative estimate of drug-likeness (QED) is 0.441. The number of benzene rings is 1. The third kappa shape index (κ3) is 7.50. The Morgan fingerprint density at radius 1 is 1.19 bits per heavy atom. The molecule has 0 aromatic heterocycles. The van der Waals surface area contributed by atoms with Crippen LogP contribution < -0.4 is 20.7 Å². The van der Waals surface area contributed by atoms with E-state index in [9.17, 15) is 19.5 Å². The second kappa shape index (κ2) is 13.0. The van der Waals surface area contributed by atoms with Crippen molar-refractivity contribution in [2.45, 2.75) is 84.0 Å². The second-order valence-corrected chi connectivity index (χ2v) is 10.7. The molecule has 1 aliphatic heterocycles. The Morgan fingerprint density at radius 2 is 1.89 bits per heavy atom. The van der Waals surface area contributed by atoms with Gasteiger partial charge in [-0.2, -0.15) is 0 Å². The van der Waals surface area contributed by atoms with Crippen LogP contribution in [0.2, 0.25) is 0 Å². The maximum atomic E-state index is 13.6. The molecule has 0 unspecified atom stereocenters. The predicted octanol–water partition coefficient (Wildman–Crippen LogP) is 3.41. The first-order chi connectivity index (χ1) is 17.6. The number of para-hydroxylation sites is 1. The highest BCUT2D eigenvalue weighted by Gasteiger charge is 2.35. The standard InChI is InChI=1S/C27H43N5O5/c1-17(2)28-27(36)31(5)15-23-18(3)14-32(19(4)16-33)25(34)21-12-9-13-22(24(21)37-23)30-26(35)29-20-10-7-6-8-11-20/h9,12-13,17-20,23,33H,6-8,10-11,14-16H2,1-5H3,(H,28,36)(H2,29,30,35)/t18-,19-,23+/m1/s1. The van der Waals surface area contributed by atoms with E-state index < -0.39 is 12.1 Å². The molecule has 37 heavy (non-hydrogen) atoms. The monoisotopic (exact) mass is 517 g/mol. The first-order valence-electron chi connectivity index (χ1n) is 13.4. The Balaban J connectivity index is 1.91. The molecule has 0 bridgehead atoms. The second-order valence-electron chi connectivity index (χ2n) is 10.7. The van der Waals surface area contributed by atoms with Crippen LogP contribution in [0.4, 0.5) is 15.3 Å². The molecular formula is C27H43N5O5. The van der Waals surface area contributed by atoms with Gasteiger partial charge in [0, 0.05) is 31.6 Å². The maximum Gasteiger partial charge on any atom is 0.319 e. The molecule has 1 heterocycles. The van der Waals surface area contributed by atoms with Gasteiger partial charge in [-0.1, -0.05) is 32.3 Å². The summed E-state index contributed by atoms with van der Waals surface area (Å²) in [5.41, 5.74) is 0.700. The summed E-state index contributed by atoms with van der Waals surface area (Å²) in [5, 5.41) is 18.7. The average molecular weight is 518 g/mol. The molecule has 1 aromatic rings. The molecular weight excluding hydrogens is 474 g/mol. The van der Waals surface area contributed by atoms with Gasteiger partial charge in [0.15, 0.2) is 5.75 Å². The lowest BCUT2D eigenvalue weighted by atomic mass is 9.96. The van der Waals surface area contributed by atoms with Gasteiger partial charge < -0.3 is 35.6 Å². The molecule has 0 radical (unpaired) electrons. The number of likely N-dealkylation sites (N-methyl/N-ethyl adjacent to an activating group) is 1. The van der Waals surface area contributed by atoms with Crippen LogP contribution in [-0.4, -0.2) is 83.8 Å². The van der Waals surface area contributed by atoms with E-state index in [0.29, 0.717) is 17.8 Å². The van der Waals surface area contributed by atoms with Crippen LogP contribution in [-0.2, 0) is 0 Å². The number of aliphatic hydroxyl groups excluding tert-OH is 1. The summed E-state index contributed by atoms with van der Waals surface area (Å²) in [7, 11) is 1.70. The van der Waals surface area contributed by atoms with Crippen LogP contribution in [0.5, 0.6) is 5.75 Å². The maximum absolute atomic E-state index is 13.6. The molecule has 4 N–H and O–H groups in total. The summed E-state index contributed by atoms with van der Waals surface area (Å²) in [6.07, 6.45) is 4.82. The molecule has 5 amide bonds. The van der Waals surface area contributed by atoms with Crippen molar-refractivity contribution in [3.63, 3.8) is 0 Å². The van der Waals surface area contributed by atoms with Crippen molar-refractivity contribution in [3.05, 3.63) is 23.8 Å². The van der Waals surface area contributed by atoms with E-state index in [-0.39, 0.29) is 54.9 Å². The van der Waals surface area contributed by atoms with Crippen LogP contribution in [0.15, 0.2) is 18.2 Å². The molecule has 206 valence electrons. The Morgan fingerprint density at radius 3 is 2.54 bits per heavy atom. The molecule has 3 atom stereocenters. The highest BCUT2D eigenvalue weighted by molar-refractivity contribution is 6.01. The predicted molar refractivity (Wildman–Crippen MR) is 143 cm³/mol. The molecule has 1 saturated carbocycles. The summed E-state index contributed by atoms with van der Waals surface area (Å²) < 4.78 is 6.45. The zero-order valence-electron chi connectivity index (χ0n) is 22.8. The van der Waals surface area contributed by atoms with Crippen LogP contribution in [0.3, 0.4) is 0 Å². The molecule has 10 heteroatoms. The number of carbonyl (C=O) groups excluding carboxylic acids is 3. The zero-order valence-corrected chi connectivity index (χ0v) is 22.8. The van der Waals surface area contributed by atoms with Crippen molar-refractivity contribution >= 4 is 23.7 Å². The van der Waals surface area contributed by atoms with Gasteiger partial charge in [-0.25, -0.2) is 9.59 Å². The molecule has 10 nitrogen and oxygen atoms in total. The third-order valence-corrected chi connectivity index (χ3v) is 7.09. The van der Waals surface area contributed by atoms with E-state index in [1.165, 1.54) is 6.42 Å². The third-order valence-electron chi connectivity index (χ3n) is 7.09. The lowest BCUT2D eigenvalue weighted by molar-refractivity contribution is 0.0368. The van der Waals surface area contributed by atoms with Gasteiger partial charge in [-0.05, 0) is 45.7 Å². The average Bonchev–Trinajstić information content (AvgIpc) is 2.86. The zero-order chi connectivity index (χ0) is 27.1.